The van der Waals surface area contributed by atoms with Crippen LogP contribution >= 0.6 is 11.6 Å². The molecule has 8 nitrogen and oxygen atoms in total. The predicted molar refractivity (Wildman–Crippen MR) is 136 cm³/mol. The number of hydrogen-bond acceptors (Lipinski definition) is 6. The third-order valence-electron chi connectivity index (χ3n) is 6.13. The molecule has 0 aliphatic carbocycles. The van der Waals surface area contributed by atoms with Gasteiger partial charge in [0.2, 0.25) is 0 Å². The zero-order chi connectivity index (χ0) is 28.2. The van der Waals surface area contributed by atoms with Crippen LogP contribution in [0.1, 0.15) is 39.4 Å². The number of ether oxygens (including phenoxy) is 3. The van der Waals surface area contributed by atoms with Gasteiger partial charge >= 0.3 is 6.18 Å². The summed E-state index contributed by atoms with van der Waals surface area (Å²) in [4.78, 5) is 35.1. The summed E-state index contributed by atoms with van der Waals surface area (Å²) >= 11 is 6.34. The second-order valence-electron chi connectivity index (χ2n) is 8.60. The summed E-state index contributed by atoms with van der Waals surface area (Å²) in [5.41, 5.74) is 0.514. The van der Waals surface area contributed by atoms with Crippen molar-refractivity contribution in [3.8, 4) is 23.0 Å². The molecule has 2 amide bonds. The molecule has 0 bridgehead atoms. The van der Waals surface area contributed by atoms with E-state index in [4.69, 9.17) is 25.8 Å². The molecule has 0 spiro atoms. The van der Waals surface area contributed by atoms with E-state index in [9.17, 15) is 27.7 Å². The van der Waals surface area contributed by atoms with Crippen LogP contribution in [-0.2, 0) is 17.4 Å². The van der Waals surface area contributed by atoms with Crippen molar-refractivity contribution >= 4 is 23.4 Å². The fourth-order valence-corrected chi connectivity index (χ4v) is 4.34. The highest BCUT2D eigenvalue weighted by Gasteiger charge is 2.31. The first-order valence-corrected chi connectivity index (χ1v) is 12.1. The standard InChI is InChI=1S/C27H22ClF3N2O6/c1-37-22-12-17(27(29,30)31)5-2-15(22)8-10-32-25(34)16-3-6-18(7-4-16)39-24-14-23-20(13-21(24)28)19(9-11-38-23)26(35)33-36/h2-7,12-14,19H,8-11H2,1H3,(H,32,34). The smallest absolute Gasteiger partial charge is 0.416 e. The van der Waals surface area contributed by atoms with Crippen LogP contribution in [0, 0.1) is 4.91 Å². The highest BCUT2D eigenvalue weighted by molar-refractivity contribution is 6.32. The van der Waals surface area contributed by atoms with Crippen molar-refractivity contribution in [1.82, 2.24) is 5.32 Å². The lowest BCUT2D eigenvalue weighted by molar-refractivity contribution is -0.137. The number of hydrogen-bond donors (Lipinski definition) is 1. The molecule has 12 heteroatoms. The van der Waals surface area contributed by atoms with E-state index < -0.39 is 23.6 Å². The monoisotopic (exact) mass is 562 g/mol. The molecule has 1 heterocycles. The fourth-order valence-electron chi connectivity index (χ4n) is 4.13. The van der Waals surface area contributed by atoms with Crippen molar-refractivity contribution in [2.45, 2.75) is 24.9 Å². The molecule has 1 N–H and O–H groups in total. The lowest BCUT2D eigenvalue weighted by Crippen LogP contribution is -2.25. The molecule has 39 heavy (non-hydrogen) atoms. The van der Waals surface area contributed by atoms with Gasteiger partial charge in [0.25, 0.3) is 11.8 Å². The van der Waals surface area contributed by atoms with Crippen molar-refractivity contribution in [2.75, 3.05) is 20.3 Å². The van der Waals surface area contributed by atoms with E-state index in [1.165, 1.54) is 37.4 Å². The minimum Gasteiger partial charge on any atom is -0.496 e. The van der Waals surface area contributed by atoms with Crippen LogP contribution < -0.4 is 19.5 Å². The van der Waals surface area contributed by atoms with Gasteiger partial charge in [0.15, 0.2) is 0 Å². The summed E-state index contributed by atoms with van der Waals surface area (Å²) in [7, 11) is 1.29. The van der Waals surface area contributed by atoms with Gasteiger partial charge in [-0.3, -0.25) is 9.59 Å². The van der Waals surface area contributed by atoms with E-state index >= 15 is 0 Å². The number of nitroso groups, excluding NO2 is 1. The molecule has 0 saturated carbocycles. The molecular weight excluding hydrogens is 541 g/mol. The van der Waals surface area contributed by atoms with Gasteiger partial charge in [-0.25, -0.2) is 0 Å². The molecule has 0 aromatic heterocycles. The SMILES string of the molecule is COc1cc(C(F)(F)F)ccc1CCNC(=O)c1ccc(Oc2cc3c(cc2Cl)C(C(=O)N=O)CCO3)cc1. The Labute approximate surface area is 226 Å². The highest BCUT2D eigenvalue weighted by atomic mass is 35.5. The molecular formula is C27H22ClF3N2O6. The Hall–Kier alpha value is -4.12. The minimum atomic E-state index is -4.48. The number of nitrogens with one attached hydrogen (secondary N) is 1. The zero-order valence-corrected chi connectivity index (χ0v) is 21.3. The van der Waals surface area contributed by atoms with E-state index in [1.807, 2.05) is 0 Å². The fraction of sp³-hybridized carbons (Fsp3) is 0.259. The lowest BCUT2D eigenvalue weighted by atomic mass is 9.92. The van der Waals surface area contributed by atoms with Crippen molar-refractivity contribution in [3.63, 3.8) is 0 Å². The van der Waals surface area contributed by atoms with Gasteiger partial charge in [-0.2, -0.15) is 13.2 Å². The Bertz CT molecular complexity index is 1400. The average Bonchev–Trinajstić information content (AvgIpc) is 2.92. The van der Waals surface area contributed by atoms with Crippen LogP contribution in [0.3, 0.4) is 0 Å². The minimum absolute atomic E-state index is 0.0920. The van der Waals surface area contributed by atoms with Gasteiger partial charge in [0.05, 0.1) is 30.2 Å². The van der Waals surface area contributed by atoms with Crippen LogP contribution in [-0.4, -0.2) is 32.1 Å². The number of nitrogens with zero attached hydrogens (tertiary/aromatic N) is 1. The molecule has 4 rings (SSSR count). The average molecular weight is 563 g/mol. The summed E-state index contributed by atoms with van der Waals surface area (Å²) < 4.78 is 55.2. The van der Waals surface area contributed by atoms with Crippen LogP contribution in [0.15, 0.2) is 59.8 Å². The van der Waals surface area contributed by atoms with Gasteiger partial charge in [-0.15, -0.1) is 4.91 Å². The van der Waals surface area contributed by atoms with E-state index in [0.29, 0.717) is 34.6 Å². The van der Waals surface area contributed by atoms with Crippen molar-refractivity contribution in [1.29, 1.82) is 0 Å². The number of halogens is 4. The van der Waals surface area contributed by atoms with Crippen molar-refractivity contribution < 1.29 is 37.0 Å². The van der Waals surface area contributed by atoms with Crippen molar-refractivity contribution in [2.24, 2.45) is 5.18 Å². The zero-order valence-electron chi connectivity index (χ0n) is 20.5. The summed E-state index contributed by atoms with van der Waals surface area (Å²) in [5.74, 6) is -0.816. The van der Waals surface area contributed by atoms with E-state index in [2.05, 4.69) is 10.5 Å². The molecule has 0 radical (unpaired) electrons. The van der Waals surface area contributed by atoms with E-state index in [-0.39, 0.29) is 42.0 Å². The summed E-state index contributed by atoms with van der Waals surface area (Å²) in [6.45, 7) is 0.405. The highest BCUT2D eigenvalue weighted by Crippen LogP contribution is 2.42. The molecule has 3 aromatic carbocycles. The van der Waals surface area contributed by atoms with Gasteiger partial charge in [0, 0.05) is 28.9 Å². The third kappa shape index (κ3) is 6.48. The topological polar surface area (TPSA) is 103 Å². The normalized spacial score (nSPS) is 14.5. The van der Waals surface area contributed by atoms with Gasteiger partial charge < -0.3 is 19.5 Å². The summed E-state index contributed by atoms with van der Waals surface area (Å²) in [6, 6.07) is 12.5. The number of benzene rings is 3. The molecule has 3 aromatic rings. The second-order valence-corrected chi connectivity index (χ2v) is 9.00. The second kappa shape index (κ2) is 11.7. The number of carbonyl (C=O) groups excluding carboxylic acids is 2. The predicted octanol–water partition coefficient (Wildman–Crippen LogP) is 6.29. The number of alkyl halides is 3. The summed E-state index contributed by atoms with van der Waals surface area (Å²) in [6.07, 6.45) is -3.90. The number of carbonyl (C=O) groups is 2. The molecule has 1 aliphatic rings. The first-order chi connectivity index (χ1) is 18.6. The number of methoxy groups -OCH3 is 1. The molecule has 204 valence electrons. The van der Waals surface area contributed by atoms with Gasteiger partial charge in [-0.05, 0) is 60.9 Å². The summed E-state index contributed by atoms with van der Waals surface area (Å²) in [5, 5.41) is 5.43. The lowest BCUT2D eigenvalue weighted by Gasteiger charge is -2.24. The Morgan fingerprint density at radius 2 is 1.85 bits per heavy atom. The first kappa shape index (κ1) is 27.9. The molecule has 1 unspecified atom stereocenters. The maximum atomic E-state index is 12.9. The Morgan fingerprint density at radius 3 is 2.51 bits per heavy atom. The molecule has 0 fully saturated rings. The maximum Gasteiger partial charge on any atom is 0.416 e. The van der Waals surface area contributed by atoms with Gasteiger partial charge in [0.1, 0.15) is 23.0 Å². The Morgan fingerprint density at radius 1 is 1.10 bits per heavy atom. The Kier molecular flexibility index (Phi) is 8.39. The van der Waals surface area contributed by atoms with Crippen molar-refractivity contribution in [3.05, 3.63) is 86.8 Å². The number of amides is 2. The van der Waals surface area contributed by atoms with Crippen LogP contribution in [0.2, 0.25) is 5.02 Å². The largest absolute Gasteiger partial charge is 0.496 e. The quantitative estimate of drug-likeness (QED) is 0.324. The Balaban J connectivity index is 1.37. The first-order valence-electron chi connectivity index (χ1n) is 11.7. The molecule has 1 aliphatic heterocycles. The van der Waals surface area contributed by atoms with Gasteiger partial charge in [-0.1, -0.05) is 17.7 Å². The maximum absolute atomic E-state index is 12.9. The molecule has 0 saturated heterocycles. The third-order valence-corrected chi connectivity index (χ3v) is 6.43. The van der Waals surface area contributed by atoms with E-state index in [0.717, 1.165) is 12.1 Å². The van der Waals surface area contributed by atoms with Crippen LogP contribution in [0.5, 0.6) is 23.0 Å². The van der Waals surface area contributed by atoms with Crippen LogP contribution in [0.25, 0.3) is 0 Å². The number of rotatable bonds is 8. The number of fused-ring (bicyclic) bond motifs is 1. The molecule has 1 atom stereocenters. The van der Waals surface area contributed by atoms with E-state index in [1.54, 1.807) is 12.1 Å². The van der Waals surface area contributed by atoms with Crippen LogP contribution in [0.4, 0.5) is 13.2 Å².